The zero-order valence-corrected chi connectivity index (χ0v) is 17.9. The Balaban J connectivity index is 1.61. The lowest BCUT2D eigenvalue weighted by Gasteiger charge is -2.12. The molecule has 3 rings (SSSR count). The van der Waals surface area contributed by atoms with Gasteiger partial charge in [-0.1, -0.05) is 29.8 Å². The van der Waals surface area contributed by atoms with Crippen molar-refractivity contribution in [3.05, 3.63) is 58.4 Å². The fraction of sp³-hybridized carbons (Fsp3) is 0.158. The Morgan fingerprint density at radius 1 is 1.10 bits per heavy atom. The molecule has 1 heterocycles. The van der Waals surface area contributed by atoms with Crippen molar-refractivity contribution in [1.29, 1.82) is 0 Å². The Morgan fingerprint density at radius 3 is 2.38 bits per heavy atom. The first-order chi connectivity index (χ1) is 13.7. The molecular weight excluding hydrogens is 436 g/mol. The number of hydrogen-bond donors (Lipinski definition) is 1. The Kier molecular flexibility index (Phi) is 6.23. The van der Waals surface area contributed by atoms with Crippen LogP contribution in [0.1, 0.15) is 9.67 Å². The number of sulfonamides is 1. The van der Waals surface area contributed by atoms with E-state index in [0.29, 0.717) is 10.7 Å². The van der Waals surface area contributed by atoms with Gasteiger partial charge in [0, 0.05) is 29.9 Å². The molecule has 0 atom stereocenters. The van der Waals surface area contributed by atoms with Crippen LogP contribution in [0.2, 0.25) is 5.02 Å². The molecule has 0 aliphatic heterocycles. The highest BCUT2D eigenvalue weighted by Crippen LogP contribution is 2.35. The zero-order chi connectivity index (χ0) is 21.2. The Bertz CT molecular complexity index is 1170. The maximum absolute atomic E-state index is 12.3. The first-order valence-corrected chi connectivity index (χ1v) is 11.0. The maximum atomic E-state index is 12.3. The molecule has 0 bridgehead atoms. The van der Waals surface area contributed by atoms with Crippen LogP contribution in [0, 0.1) is 0 Å². The Morgan fingerprint density at radius 2 is 1.76 bits per heavy atom. The van der Waals surface area contributed by atoms with Crippen LogP contribution in [-0.4, -0.2) is 45.3 Å². The molecular formula is C19H17ClN2O5S2. The van der Waals surface area contributed by atoms with Crippen LogP contribution in [0.4, 0.5) is 5.69 Å². The molecule has 10 heteroatoms. The van der Waals surface area contributed by atoms with Gasteiger partial charge in [0.15, 0.2) is 6.61 Å². The molecule has 0 aliphatic rings. The number of rotatable bonds is 6. The van der Waals surface area contributed by atoms with Crippen LogP contribution < -0.4 is 5.32 Å². The molecule has 1 N–H and O–H groups in total. The van der Waals surface area contributed by atoms with Crippen molar-refractivity contribution in [3.63, 3.8) is 0 Å². The minimum atomic E-state index is -3.55. The van der Waals surface area contributed by atoms with Crippen LogP contribution in [0.25, 0.3) is 10.1 Å². The molecule has 0 saturated heterocycles. The van der Waals surface area contributed by atoms with Crippen molar-refractivity contribution in [3.8, 4) is 0 Å². The Hall–Kier alpha value is -2.46. The van der Waals surface area contributed by atoms with Crippen molar-refractivity contribution in [1.82, 2.24) is 4.31 Å². The minimum absolute atomic E-state index is 0.103. The lowest BCUT2D eigenvalue weighted by molar-refractivity contribution is -0.119. The molecule has 1 amide bonds. The first kappa shape index (κ1) is 21.3. The van der Waals surface area contributed by atoms with Crippen molar-refractivity contribution >= 4 is 60.6 Å². The van der Waals surface area contributed by atoms with E-state index in [2.05, 4.69) is 5.32 Å². The topological polar surface area (TPSA) is 92.8 Å². The maximum Gasteiger partial charge on any atom is 0.350 e. The van der Waals surface area contributed by atoms with Gasteiger partial charge in [-0.25, -0.2) is 17.5 Å². The average molecular weight is 453 g/mol. The standard InChI is InChI=1S/C19H17ClN2O5S2/c1-22(2)29(25,26)13-9-7-12(8-10-13)21-16(23)11-27-19(24)18-17(20)14-5-3-4-6-15(14)28-18/h3-10H,11H2,1-2H3,(H,21,23). The van der Waals surface area contributed by atoms with Gasteiger partial charge in [0.1, 0.15) is 4.88 Å². The highest BCUT2D eigenvalue weighted by atomic mass is 35.5. The third-order valence-corrected chi connectivity index (χ3v) is 7.46. The van der Waals surface area contributed by atoms with Gasteiger partial charge < -0.3 is 10.1 Å². The number of thiophene rings is 1. The second-order valence-corrected chi connectivity index (χ2v) is 9.76. The van der Waals surface area contributed by atoms with Crippen LogP contribution >= 0.6 is 22.9 Å². The van der Waals surface area contributed by atoms with E-state index < -0.39 is 28.5 Å². The number of amides is 1. The lowest BCUT2D eigenvalue weighted by atomic mass is 10.2. The molecule has 1 aromatic heterocycles. The third-order valence-electron chi connectivity index (χ3n) is 3.97. The number of carbonyl (C=O) groups excluding carboxylic acids is 2. The average Bonchev–Trinajstić information content (AvgIpc) is 3.03. The van der Waals surface area contributed by atoms with E-state index in [1.54, 1.807) is 6.07 Å². The summed E-state index contributed by atoms with van der Waals surface area (Å²) < 4.78 is 31.1. The van der Waals surface area contributed by atoms with Gasteiger partial charge in [-0.05, 0) is 30.3 Å². The monoisotopic (exact) mass is 452 g/mol. The van der Waals surface area contributed by atoms with Gasteiger partial charge in [-0.2, -0.15) is 0 Å². The number of nitrogens with zero attached hydrogens (tertiary/aromatic N) is 1. The predicted molar refractivity (Wildman–Crippen MR) is 113 cm³/mol. The molecule has 152 valence electrons. The summed E-state index contributed by atoms with van der Waals surface area (Å²) in [6.45, 7) is -0.499. The SMILES string of the molecule is CN(C)S(=O)(=O)c1ccc(NC(=O)COC(=O)c2sc3ccccc3c2Cl)cc1. The second-order valence-electron chi connectivity index (χ2n) is 6.18. The number of nitrogens with one attached hydrogen (secondary N) is 1. The van der Waals surface area contributed by atoms with Gasteiger partial charge in [-0.3, -0.25) is 4.79 Å². The van der Waals surface area contributed by atoms with Crippen LogP contribution in [0.15, 0.2) is 53.4 Å². The fourth-order valence-electron chi connectivity index (χ4n) is 2.46. The lowest BCUT2D eigenvalue weighted by Crippen LogP contribution is -2.22. The summed E-state index contributed by atoms with van der Waals surface area (Å²) >= 11 is 7.42. The fourth-order valence-corrected chi connectivity index (χ4v) is 4.76. The minimum Gasteiger partial charge on any atom is -0.451 e. The van der Waals surface area contributed by atoms with Crippen molar-refractivity contribution < 1.29 is 22.7 Å². The van der Waals surface area contributed by atoms with E-state index in [-0.39, 0.29) is 9.77 Å². The number of ether oxygens (including phenoxy) is 1. The summed E-state index contributed by atoms with van der Waals surface area (Å²) in [6, 6.07) is 13.0. The summed E-state index contributed by atoms with van der Waals surface area (Å²) in [5.41, 5.74) is 0.378. The normalized spacial score (nSPS) is 11.6. The summed E-state index contributed by atoms with van der Waals surface area (Å²) in [4.78, 5) is 24.7. The number of esters is 1. The molecule has 0 aliphatic carbocycles. The van der Waals surface area contributed by atoms with Gasteiger partial charge >= 0.3 is 5.97 Å². The highest BCUT2D eigenvalue weighted by molar-refractivity contribution is 7.89. The van der Waals surface area contributed by atoms with Gasteiger partial charge in [-0.15, -0.1) is 11.3 Å². The number of anilines is 1. The summed E-state index contributed by atoms with van der Waals surface area (Å²) in [5.74, 6) is -1.24. The van der Waals surface area contributed by atoms with Gasteiger partial charge in [0.2, 0.25) is 10.0 Å². The molecule has 0 saturated carbocycles. The smallest absolute Gasteiger partial charge is 0.350 e. The van der Waals surface area contributed by atoms with E-state index in [1.165, 1.54) is 49.7 Å². The van der Waals surface area contributed by atoms with E-state index in [4.69, 9.17) is 16.3 Å². The number of fused-ring (bicyclic) bond motifs is 1. The Labute approximate surface area is 176 Å². The molecule has 0 spiro atoms. The molecule has 0 unspecified atom stereocenters. The molecule has 0 radical (unpaired) electrons. The number of hydrogen-bond acceptors (Lipinski definition) is 6. The van der Waals surface area contributed by atoms with Crippen LogP contribution in [-0.2, 0) is 19.6 Å². The van der Waals surface area contributed by atoms with Crippen molar-refractivity contribution in [2.24, 2.45) is 0 Å². The van der Waals surface area contributed by atoms with Gasteiger partial charge in [0.05, 0.1) is 9.92 Å². The van der Waals surface area contributed by atoms with Crippen molar-refractivity contribution in [2.45, 2.75) is 4.90 Å². The largest absolute Gasteiger partial charge is 0.451 e. The van der Waals surface area contributed by atoms with E-state index in [9.17, 15) is 18.0 Å². The zero-order valence-electron chi connectivity index (χ0n) is 15.5. The predicted octanol–water partition coefficient (Wildman–Crippen LogP) is 3.60. The van der Waals surface area contributed by atoms with Gasteiger partial charge in [0.25, 0.3) is 5.91 Å². The molecule has 0 fully saturated rings. The third kappa shape index (κ3) is 4.59. The molecule has 7 nitrogen and oxygen atoms in total. The second kappa shape index (κ2) is 8.50. The number of benzene rings is 2. The summed E-state index contributed by atoms with van der Waals surface area (Å²) in [5, 5.41) is 3.60. The van der Waals surface area contributed by atoms with Crippen molar-refractivity contribution in [2.75, 3.05) is 26.0 Å². The molecule has 29 heavy (non-hydrogen) atoms. The molecule has 3 aromatic rings. The highest BCUT2D eigenvalue weighted by Gasteiger charge is 2.20. The van der Waals surface area contributed by atoms with Crippen LogP contribution in [0.3, 0.4) is 0 Å². The summed E-state index contributed by atoms with van der Waals surface area (Å²) in [7, 11) is -0.684. The summed E-state index contributed by atoms with van der Waals surface area (Å²) in [6.07, 6.45) is 0. The van der Waals surface area contributed by atoms with Crippen LogP contribution in [0.5, 0.6) is 0 Å². The number of carbonyl (C=O) groups is 2. The number of halogens is 1. The van der Waals surface area contributed by atoms with E-state index in [0.717, 1.165) is 14.4 Å². The molecule has 2 aromatic carbocycles. The van der Waals surface area contributed by atoms with E-state index >= 15 is 0 Å². The quantitative estimate of drug-likeness (QED) is 0.577. The van der Waals surface area contributed by atoms with E-state index in [1.807, 2.05) is 18.2 Å². The first-order valence-electron chi connectivity index (χ1n) is 8.37.